The van der Waals surface area contributed by atoms with Crippen LogP contribution in [0.5, 0.6) is 0 Å². The lowest BCUT2D eigenvalue weighted by Gasteiger charge is -2.11. The van der Waals surface area contributed by atoms with Gasteiger partial charge in [0, 0.05) is 25.0 Å². The molecule has 0 amide bonds. The lowest BCUT2D eigenvalue weighted by atomic mass is 10.2. The van der Waals surface area contributed by atoms with E-state index in [1.165, 1.54) is 13.0 Å². The summed E-state index contributed by atoms with van der Waals surface area (Å²) < 4.78 is 29.1. The van der Waals surface area contributed by atoms with Crippen LogP contribution in [0, 0.1) is 18.6 Å². The monoisotopic (exact) mass is 265 g/mol. The van der Waals surface area contributed by atoms with Crippen LogP contribution in [0.3, 0.4) is 0 Å². The van der Waals surface area contributed by atoms with Crippen molar-refractivity contribution < 1.29 is 8.78 Å². The van der Waals surface area contributed by atoms with Gasteiger partial charge in [-0.2, -0.15) is 0 Å². The number of hydrogen-bond donors (Lipinski definition) is 1. The largest absolute Gasteiger partial charge is 0.323 e. The third-order valence-electron chi connectivity index (χ3n) is 2.96. The SMILES string of the molecule is CCCCn1ccnc1Nc1cc(F)c(C)cc1F. The fourth-order valence-corrected chi connectivity index (χ4v) is 1.80. The fourth-order valence-electron chi connectivity index (χ4n) is 1.80. The molecule has 2 rings (SSSR count). The molecule has 0 bridgehead atoms. The van der Waals surface area contributed by atoms with Crippen molar-refractivity contribution in [2.75, 3.05) is 5.32 Å². The molecule has 0 aliphatic heterocycles. The summed E-state index contributed by atoms with van der Waals surface area (Å²) >= 11 is 0. The topological polar surface area (TPSA) is 29.9 Å². The highest BCUT2D eigenvalue weighted by molar-refractivity contribution is 5.55. The maximum absolute atomic E-state index is 13.7. The molecular weight excluding hydrogens is 248 g/mol. The van der Waals surface area contributed by atoms with Crippen LogP contribution in [-0.2, 0) is 6.54 Å². The highest BCUT2D eigenvalue weighted by atomic mass is 19.1. The van der Waals surface area contributed by atoms with Gasteiger partial charge in [0.15, 0.2) is 0 Å². The molecule has 1 N–H and O–H groups in total. The van der Waals surface area contributed by atoms with E-state index in [1.807, 2.05) is 10.8 Å². The molecule has 2 aromatic rings. The first-order chi connectivity index (χ1) is 9.11. The van der Waals surface area contributed by atoms with E-state index in [0.29, 0.717) is 5.95 Å². The first-order valence-electron chi connectivity index (χ1n) is 6.35. The molecule has 5 heteroatoms. The van der Waals surface area contributed by atoms with Crippen LogP contribution < -0.4 is 5.32 Å². The highest BCUT2D eigenvalue weighted by Crippen LogP contribution is 2.22. The Morgan fingerprint density at radius 2 is 2.05 bits per heavy atom. The number of nitrogens with zero attached hydrogens (tertiary/aromatic N) is 2. The number of imidazole rings is 1. The molecule has 1 aromatic heterocycles. The molecule has 1 heterocycles. The van der Waals surface area contributed by atoms with Gasteiger partial charge in [0.05, 0.1) is 5.69 Å². The summed E-state index contributed by atoms with van der Waals surface area (Å²) in [6, 6.07) is 2.33. The van der Waals surface area contributed by atoms with Crippen molar-refractivity contribution in [3.05, 3.63) is 41.7 Å². The number of benzene rings is 1. The Bertz CT molecular complexity index is 564. The molecule has 0 unspecified atom stereocenters. The van der Waals surface area contributed by atoms with Gasteiger partial charge in [0.1, 0.15) is 11.6 Å². The number of rotatable bonds is 5. The molecule has 0 fully saturated rings. The van der Waals surface area contributed by atoms with Crippen molar-refractivity contribution in [1.82, 2.24) is 9.55 Å². The number of anilines is 2. The van der Waals surface area contributed by atoms with Crippen LogP contribution in [0.2, 0.25) is 0 Å². The Balaban J connectivity index is 2.21. The van der Waals surface area contributed by atoms with E-state index < -0.39 is 11.6 Å². The summed E-state index contributed by atoms with van der Waals surface area (Å²) in [7, 11) is 0. The second-order valence-electron chi connectivity index (χ2n) is 4.50. The third kappa shape index (κ3) is 3.10. The van der Waals surface area contributed by atoms with Gasteiger partial charge in [-0.1, -0.05) is 13.3 Å². The van der Waals surface area contributed by atoms with Gasteiger partial charge in [-0.05, 0) is 25.0 Å². The first kappa shape index (κ1) is 13.5. The van der Waals surface area contributed by atoms with Crippen molar-refractivity contribution >= 4 is 11.6 Å². The van der Waals surface area contributed by atoms with Gasteiger partial charge < -0.3 is 9.88 Å². The zero-order valence-electron chi connectivity index (χ0n) is 11.1. The van der Waals surface area contributed by atoms with Crippen molar-refractivity contribution in [2.45, 2.75) is 33.2 Å². The fraction of sp³-hybridized carbons (Fsp3) is 0.357. The standard InChI is InChI=1S/C14H17F2N3/c1-3-4-6-19-7-5-17-14(19)18-13-9-11(15)10(2)8-12(13)16/h5,7-9H,3-4,6H2,1-2H3,(H,17,18). The van der Waals surface area contributed by atoms with Gasteiger partial charge >= 0.3 is 0 Å². The second kappa shape index (κ2) is 5.82. The third-order valence-corrected chi connectivity index (χ3v) is 2.96. The molecule has 0 spiro atoms. The predicted octanol–water partition coefficient (Wildman–Crippen LogP) is 4.01. The van der Waals surface area contributed by atoms with E-state index >= 15 is 0 Å². The van der Waals surface area contributed by atoms with Crippen LogP contribution in [0.4, 0.5) is 20.4 Å². The smallest absolute Gasteiger partial charge is 0.207 e. The van der Waals surface area contributed by atoms with Crippen LogP contribution >= 0.6 is 0 Å². The van der Waals surface area contributed by atoms with Gasteiger partial charge in [-0.25, -0.2) is 13.8 Å². The van der Waals surface area contributed by atoms with Crippen molar-refractivity contribution in [1.29, 1.82) is 0 Å². The van der Waals surface area contributed by atoms with E-state index in [2.05, 4.69) is 17.2 Å². The predicted molar refractivity (Wildman–Crippen MR) is 71.5 cm³/mol. The lowest BCUT2D eigenvalue weighted by Crippen LogP contribution is -2.05. The van der Waals surface area contributed by atoms with Crippen LogP contribution in [0.25, 0.3) is 0 Å². The number of aromatic nitrogens is 2. The van der Waals surface area contributed by atoms with Crippen molar-refractivity contribution in [3.63, 3.8) is 0 Å². The van der Waals surface area contributed by atoms with Crippen molar-refractivity contribution in [2.24, 2.45) is 0 Å². The normalized spacial score (nSPS) is 10.7. The summed E-state index contributed by atoms with van der Waals surface area (Å²) in [6.07, 6.45) is 5.53. The van der Waals surface area contributed by atoms with E-state index in [4.69, 9.17) is 0 Å². The van der Waals surface area contributed by atoms with Crippen LogP contribution in [0.15, 0.2) is 24.5 Å². The summed E-state index contributed by atoms with van der Waals surface area (Å²) in [5.74, 6) is -0.393. The minimum absolute atomic E-state index is 0.104. The first-order valence-corrected chi connectivity index (χ1v) is 6.35. The molecule has 3 nitrogen and oxygen atoms in total. The number of aryl methyl sites for hydroxylation is 2. The number of unbranched alkanes of at least 4 members (excludes halogenated alkanes) is 1. The minimum Gasteiger partial charge on any atom is -0.323 e. The van der Waals surface area contributed by atoms with E-state index in [1.54, 1.807) is 6.20 Å². The van der Waals surface area contributed by atoms with Gasteiger partial charge in [-0.3, -0.25) is 0 Å². The van der Waals surface area contributed by atoms with Gasteiger partial charge in [0.2, 0.25) is 5.95 Å². The zero-order valence-corrected chi connectivity index (χ0v) is 11.1. The molecular formula is C14H17F2N3. The molecule has 0 aliphatic carbocycles. The maximum atomic E-state index is 13.7. The molecule has 0 atom stereocenters. The number of halogens is 2. The number of hydrogen-bond acceptors (Lipinski definition) is 2. The van der Waals surface area contributed by atoms with Crippen LogP contribution in [-0.4, -0.2) is 9.55 Å². The summed E-state index contributed by atoms with van der Waals surface area (Å²) in [4.78, 5) is 4.12. The lowest BCUT2D eigenvalue weighted by molar-refractivity contribution is 0.594. The van der Waals surface area contributed by atoms with Crippen molar-refractivity contribution in [3.8, 4) is 0 Å². The number of nitrogens with one attached hydrogen (secondary N) is 1. The maximum Gasteiger partial charge on any atom is 0.207 e. The second-order valence-corrected chi connectivity index (χ2v) is 4.50. The Hall–Kier alpha value is -1.91. The quantitative estimate of drug-likeness (QED) is 0.885. The van der Waals surface area contributed by atoms with E-state index in [-0.39, 0.29) is 11.3 Å². The zero-order chi connectivity index (χ0) is 13.8. The Morgan fingerprint density at radius 1 is 1.26 bits per heavy atom. The molecule has 0 saturated heterocycles. The Morgan fingerprint density at radius 3 is 2.79 bits per heavy atom. The summed E-state index contributed by atoms with van der Waals surface area (Å²) in [5.41, 5.74) is 0.393. The average Bonchev–Trinajstić information content (AvgIpc) is 2.81. The molecule has 0 aliphatic rings. The Kier molecular flexibility index (Phi) is 4.14. The summed E-state index contributed by atoms with van der Waals surface area (Å²) in [5, 5.41) is 2.83. The van der Waals surface area contributed by atoms with Gasteiger partial charge in [0.25, 0.3) is 0 Å². The minimum atomic E-state index is -0.482. The highest BCUT2D eigenvalue weighted by Gasteiger charge is 2.10. The Labute approximate surface area is 111 Å². The molecule has 102 valence electrons. The molecule has 0 radical (unpaired) electrons. The van der Waals surface area contributed by atoms with Gasteiger partial charge in [-0.15, -0.1) is 0 Å². The van der Waals surface area contributed by atoms with E-state index in [0.717, 1.165) is 25.5 Å². The van der Waals surface area contributed by atoms with E-state index in [9.17, 15) is 8.78 Å². The molecule has 19 heavy (non-hydrogen) atoms. The summed E-state index contributed by atoms with van der Waals surface area (Å²) in [6.45, 7) is 4.43. The van der Waals surface area contributed by atoms with Crippen LogP contribution in [0.1, 0.15) is 25.3 Å². The molecule has 1 aromatic carbocycles. The average molecular weight is 265 g/mol. The molecule has 0 saturated carbocycles.